The lowest BCUT2D eigenvalue weighted by molar-refractivity contribution is -0.151. The van der Waals surface area contributed by atoms with E-state index in [-0.39, 0.29) is 24.5 Å². The Kier molecular flexibility index (Phi) is 4.45. The van der Waals surface area contributed by atoms with Gasteiger partial charge in [-0.1, -0.05) is 19.3 Å². The van der Waals surface area contributed by atoms with E-state index in [9.17, 15) is 9.59 Å². The Morgan fingerprint density at radius 1 is 1.26 bits per heavy atom. The van der Waals surface area contributed by atoms with Crippen molar-refractivity contribution in [2.45, 2.75) is 63.5 Å². The van der Waals surface area contributed by atoms with Crippen LogP contribution in [0.4, 0.5) is 0 Å². The molecule has 0 spiro atoms. The summed E-state index contributed by atoms with van der Waals surface area (Å²) in [7, 11) is 0. The first kappa shape index (κ1) is 14.3. The van der Waals surface area contributed by atoms with Gasteiger partial charge in [0.15, 0.2) is 0 Å². The molecule has 0 bridgehead atoms. The van der Waals surface area contributed by atoms with Gasteiger partial charge in [0.25, 0.3) is 0 Å². The summed E-state index contributed by atoms with van der Waals surface area (Å²) in [5, 5.41) is 0. The van der Waals surface area contributed by atoms with Crippen LogP contribution in [-0.4, -0.2) is 41.5 Å². The summed E-state index contributed by atoms with van der Waals surface area (Å²) in [5.74, 6) is -0.384. The van der Waals surface area contributed by atoms with Crippen LogP contribution in [0.3, 0.4) is 0 Å². The molecule has 2 saturated carbocycles. The fourth-order valence-electron chi connectivity index (χ4n) is 2.78. The van der Waals surface area contributed by atoms with Crippen LogP contribution in [-0.2, 0) is 14.3 Å². The Morgan fingerprint density at radius 2 is 1.89 bits per heavy atom. The second-order valence-corrected chi connectivity index (χ2v) is 5.69. The largest absolute Gasteiger partial charge is 0.465 e. The maximum Gasteiger partial charge on any atom is 0.325 e. The first-order valence-electron chi connectivity index (χ1n) is 7.32. The summed E-state index contributed by atoms with van der Waals surface area (Å²) in [5.41, 5.74) is 5.52. The van der Waals surface area contributed by atoms with Crippen LogP contribution in [0.2, 0.25) is 0 Å². The minimum absolute atomic E-state index is 0.0519. The van der Waals surface area contributed by atoms with Crippen LogP contribution < -0.4 is 5.73 Å². The molecule has 0 aromatic carbocycles. The Bertz CT molecular complexity index is 347. The molecule has 108 valence electrons. The lowest BCUT2D eigenvalue weighted by atomic mass is 9.81. The maximum atomic E-state index is 12.6. The van der Waals surface area contributed by atoms with Crippen LogP contribution in [0, 0.1) is 0 Å². The van der Waals surface area contributed by atoms with Gasteiger partial charge in [-0.15, -0.1) is 0 Å². The number of hydrogen-bond acceptors (Lipinski definition) is 4. The van der Waals surface area contributed by atoms with Crippen LogP contribution in [0.15, 0.2) is 0 Å². The van der Waals surface area contributed by atoms with Crippen LogP contribution in [0.1, 0.15) is 51.9 Å². The molecule has 0 radical (unpaired) electrons. The van der Waals surface area contributed by atoms with E-state index in [1.807, 2.05) is 0 Å². The molecule has 1 amide bonds. The number of esters is 1. The van der Waals surface area contributed by atoms with E-state index < -0.39 is 5.54 Å². The average Bonchev–Trinajstić information content (AvgIpc) is 3.21. The highest BCUT2D eigenvalue weighted by molar-refractivity contribution is 5.89. The normalized spacial score (nSPS) is 21.8. The lowest BCUT2D eigenvalue weighted by Crippen LogP contribution is -2.57. The average molecular weight is 268 g/mol. The third-order valence-corrected chi connectivity index (χ3v) is 4.02. The second-order valence-electron chi connectivity index (χ2n) is 5.69. The van der Waals surface area contributed by atoms with Crippen molar-refractivity contribution in [2.75, 3.05) is 13.2 Å². The van der Waals surface area contributed by atoms with Gasteiger partial charge < -0.3 is 15.4 Å². The Hall–Kier alpha value is -1.10. The summed E-state index contributed by atoms with van der Waals surface area (Å²) >= 11 is 0. The van der Waals surface area contributed by atoms with Crippen molar-refractivity contribution in [3.05, 3.63) is 0 Å². The topological polar surface area (TPSA) is 72.6 Å². The summed E-state index contributed by atoms with van der Waals surface area (Å²) in [6.45, 7) is 2.17. The fraction of sp³-hybridized carbons (Fsp3) is 0.857. The van der Waals surface area contributed by atoms with Crippen molar-refractivity contribution in [3.63, 3.8) is 0 Å². The van der Waals surface area contributed by atoms with Crippen LogP contribution >= 0.6 is 0 Å². The van der Waals surface area contributed by atoms with Crippen LogP contribution in [0.25, 0.3) is 0 Å². The van der Waals surface area contributed by atoms with Crippen molar-refractivity contribution in [1.29, 1.82) is 0 Å². The second kappa shape index (κ2) is 5.90. The number of carbonyl (C=O) groups is 2. The monoisotopic (exact) mass is 268 g/mol. The molecule has 2 N–H and O–H groups in total. The van der Waals surface area contributed by atoms with Crippen molar-refractivity contribution in [2.24, 2.45) is 5.73 Å². The number of amides is 1. The number of hydrogen-bond donors (Lipinski definition) is 1. The zero-order valence-corrected chi connectivity index (χ0v) is 11.7. The Labute approximate surface area is 114 Å². The van der Waals surface area contributed by atoms with Crippen molar-refractivity contribution in [1.82, 2.24) is 4.90 Å². The van der Waals surface area contributed by atoms with E-state index in [0.717, 1.165) is 44.9 Å². The summed E-state index contributed by atoms with van der Waals surface area (Å²) in [4.78, 5) is 25.9. The molecule has 2 fully saturated rings. The predicted octanol–water partition coefficient (Wildman–Crippen LogP) is 1.20. The summed E-state index contributed by atoms with van der Waals surface area (Å²) in [6, 6.07) is 0.194. The predicted molar refractivity (Wildman–Crippen MR) is 71.4 cm³/mol. The SMILES string of the molecule is CCOC(=O)CN(C(=O)C1(N)CCCCC1)C1CC1. The van der Waals surface area contributed by atoms with E-state index >= 15 is 0 Å². The molecule has 0 atom stereocenters. The molecule has 0 aromatic heterocycles. The molecule has 0 unspecified atom stereocenters. The highest BCUT2D eigenvalue weighted by Crippen LogP contribution is 2.33. The van der Waals surface area contributed by atoms with Crippen molar-refractivity contribution in [3.8, 4) is 0 Å². The van der Waals surface area contributed by atoms with Gasteiger partial charge in [0, 0.05) is 6.04 Å². The van der Waals surface area contributed by atoms with Gasteiger partial charge in [-0.25, -0.2) is 0 Å². The summed E-state index contributed by atoms with van der Waals surface area (Å²) in [6.07, 6.45) is 6.56. The minimum Gasteiger partial charge on any atom is -0.465 e. The van der Waals surface area contributed by atoms with E-state index in [0.29, 0.717) is 6.61 Å². The van der Waals surface area contributed by atoms with Gasteiger partial charge in [-0.05, 0) is 32.6 Å². The highest BCUT2D eigenvalue weighted by Gasteiger charge is 2.43. The van der Waals surface area contributed by atoms with E-state index in [4.69, 9.17) is 10.5 Å². The number of carbonyl (C=O) groups excluding carboxylic acids is 2. The Balaban J connectivity index is 2.01. The molecule has 19 heavy (non-hydrogen) atoms. The summed E-state index contributed by atoms with van der Waals surface area (Å²) < 4.78 is 4.95. The minimum atomic E-state index is -0.757. The van der Waals surface area contributed by atoms with E-state index in [2.05, 4.69) is 0 Å². The maximum absolute atomic E-state index is 12.6. The standard InChI is InChI=1S/C14H24N2O3/c1-2-19-12(17)10-16(11-6-7-11)13(18)14(15)8-4-3-5-9-14/h11H,2-10,15H2,1H3. The van der Waals surface area contributed by atoms with Gasteiger partial charge in [0.2, 0.25) is 5.91 Å². The number of nitrogens with zero attached hydrogens (tertiary/aromatic N) is 1. The number of ether oxygens (including phenoxy) is 1. The van der Waals surface area contributed by atoms with Crippen molar-refractivity contribution >= 4 is 11.9 Å². The van der Waals surface area contributed by atoms with Gasteiger partial charge in [-0.3, -0.25) is 9.59 Å². The smallest absolute Gasteiger partial charge is 0.325 e. The molecule has 0 heterocycles. The molecule has 5 nitrogen and oxygen atoms in total. The van der Waals surface area contributed by atoms with Crippen LogP contribution in [0.5, 0.6) is 0 Å². The first-order chi connectivity index (χ1) is 9.07. The number of rotatable bonds is 5. The Morgan fingerprint density at radius 3 is 2.42 bits per heavy atom. The van der Waals surface area contributed by atoms with Gasteiger partial charge in [0.05, 0.1) is 12.1 Å². The van der Waals surface area contributed by atoms with E-state index in [1.165, 1.54) is 0 Å². The molecule has 0 aromatic rings. The molecule has 5 heteroatoms. The van der Waals surface area contributed by atoms with Gasteiger partial charge in [0.1, 0.15) is 6.54 Å². The zero-order valence-electron chi connectivity index (χ0n) is 11.7. The molecular weight excluding hydrogens is 244 g/mol. The molecule has 2 aliphatic carbocycles. The van der Waals surface area contributed by atoms with Gasteiger partial charge in [-0.2, -0.15) is 0 Å². The highest BCUT2D eigenvalue weighted by atomic mass is 16.5. The fourth-order valence-corrected chi connectivity index (χ4v) is 2.78. The third-order valence-electron chi connectivity index (χ3n) is 4.02. The quantitative estimate of drug-likeness (QED) is 0.760. The lowest BCUT2D eigenvalue weighted by Gasteiger charge is -2.36. The molecular formula is C14H24N2O3. The van der Waals surface area contributed by atoms with E-state index in [1.54, 1.807) is 11.8 Å². The molecule has 2 aliphatic rings. The zero-order chi connectivity index (χ0) is 13.9. The number of nitrogens with two attached hydrogens (primary N) is 1. The van der Waals surface area contributed by atoms with Gasteiger partial charge >= 0.3 is 5.97 Å². The molecule has 0 aliphatic heterocycles. The first-order valence-corrected chi connectivity index (χ1v) is 7.32. The molecule has 0 saturated heterocycles. The van der Waals surface area contributed by atoms with Crippen molar-refractivity contribution < 1.29 is 14.3 Å². The molecule has 2 rings (SSSR count). The third kappa shape index (κ3) is 3.47.